The summed E-state index contributed by atoms with van der Waals surface area (Å²) < 4.78 is 15.9. The van der Waals surface area contributed by atoms with Crippen molar-refractivity contribution in [2.45, 2.75) is 106 Å². The lowest BCUT2D eigenvalue weighted by molar-refractivity contribution is 0.233. The molecule has 0 saturated heterocycles. The van der Waals surface area contributed by atoms with Gasteiger partial charge >= 0.3 is 0 Å². The van der Waals surface area contributed by atoms with Crippen molar-refractivity contribution in [1.29, 1.82) is 0 Å². The first kappa shape index (κ1) is 63.1. The smallest absolute Gasteiger partial charge is 0.164 e. The van der Waals surface area contributed by atoms with Crippen LogP contribution in [0.5, 0.6) is 5.75 Å². The van der Waals surface area contributed by atoms with Crippen LogP contribution in [0.4, 0.5) is 0 Å². The fourth-order valence-electron chi connectivity index (χ4n) is 15.5. The van der Waals surface area contributed by atoms with E-state index in [0.717, 1.165) is 69.3 Å². The average Bonchev–Trinajstić information content (AvgIpc) is 1.61. The van der Waals surface area contributed by atoms with E-state index in [-0.39, 0.29) is 10.8 Å². The standard InChI is InChI=1S/C93H83N7O/c1-11-13-18-60(12-2)57-101-72-43-41-71(42-44-72)100-84-46-24-59(4)52-76(84)78-54-65(32-48-86(78)100)64-31-47-85-77(53-64)74-20-15-17-22-82(74)98(85)69-37-27-62(28-38-69)90-94-89(61-25-35-68(36-26-61)97-81-21-16-14-19-73(81)75-51-58(3)23-45-83(75)97)95-91(96-90)63-29-39-70(40-30-63)99-87-49-33-66(92(5,6)7)55-79(87)80-56-67(93(8,9)10)34-50-88(80)99/h14-17,19-56,60H,11-13,18,57H2,1-10H3. The van der Waals surface area contributed by atoms with Crippen molar-refractivity contribution < 1.29 is 4.74 Å². The van der Waals surface area contributed by atoms with Crippen LogP contribution in [0.3, 0.4) is 0 Å². The molecule has 17 aromatic rings. The van der Waals surface area contributed by atoms with Gasteiger partial charge in [0, 0.05) is 82.5 Å². The number of benzene rings is 12. The fourth-order valence-corrected chi connectivity index (χ4v) is 15.5. The third-order valence-corrected chi connectivity index (χ3v) is 21.2. The minimum absolute atomic E-state index is 0.00350. The minimum atomic E-state index is 0.00350. The van der Waals surface area contributed by atoms with E-state index >= 15 is 0 Å². The van der Waals surface area contributed by atoms with Gasteiger partial charge in [0.1, 0.15) is 5.75 Å². The molecule has 1 atom stereocenters. The number of hydrogen-bond donors (Lipinski definition) is 0. The van der Waals surface area contributed by atoms with Crippen molar-refractivity contribution in [3.8, 4) is 73.8 Å². The number of rotatable bonds is 15. The van der Waals surface area contributed by atoms with E-state index in [0.29, 0.717) is 23.4 Å². The molecule has 0 aliphatic carbocycles. The molecule has 101 heavy (non-hydrogen) atoms. The highest BCUT2D eigenvalue weighted by Crippen LogP contribution is 2.43. The molecular weight excluding hydrogens is 1230 g/mol. The molecule has 496 valence electrons. The van der Waals surface area contributed by atoms with Crippen molar-refractivity contribution in [2.24, 2.45) is 5.92 Å². The van der Waals surface area contributed by atoms with Gasteiger partial charge in [-0.1, -0.05) is 159 Å². The molecule has 0 N–H and O–H groups in total. The third-order valence-electron chi connectivity index (χ3n) is 21.2. The Morgan fingerprint density at radius 3 is 1.03 bits per heavy atom. The summed E-state index contributed by atoms with van der Waals surface area (Å²) in [6.45, 7) is 23.4. The highest BCUT2D eigenvalue weighted by molar-refractivity contribution is 6.14. The zero-order valence-electron chi connectivity index (χ0n) is 59.4. The molecule has 0 aliphatic rings. The Labute approximate surface area is 590 Å². The highest BCUT2D eigenvalue weighted by Gasteiger charge is 2.24. The van der Waals surface area contributed by atoms with Crippen LogP contribution in [-0.4, -0.2) is 39.8 Å². The number of hydrogen-bond acceptors (Lipinski definition) is 4. The van der Waals surface area contributed by atoms with E-state index < -0.39 is 0 Å². The van der Waals surface area contributed by atoms with Gasteiger partial charge in [-0.05, 0) is 241 Å². The SMILES string of the molecule is CCCCC(CC)COc1ccc(-n2c3ccc(C)cc3c3cc(-c4ccc5c(c4)c4ccccc4n5-c4ccc(-c5nc(-c6ccc(-n7c8ccccc8c8cc(C)ccc87)cc6)nc(-c6ccc(-n7c8ccc(C(C)(C)C)cc8c8cc(C(C)(C)C)ccc87)cc6)n5)cc4)ccc32)cc1. The topological polar surface area (TPSA) is 67.6 Å². The van der Waals surface area contributed by atoms with E-state index in [2.05, 4.69) is 342 Å². The van der Waals surface area contributed by atoms with Crippen LogP contribution in [-0.2, 0) is 10.8 Å². The number of aryl methyl sites for hydroxylation is 2. The number of fused-ring (bicyclic) bond motifs is 12. The Bertz CT molecular complexity index is 5990. The molecule has 0 aliphatic heterocycles. The molecule has 5 heterocycles. The van der Waals surface area contributed by atoms with Gasteiger partial charge in [0.2, 0.25) is 0 Å². The van der Waals surface area contributed by atoms with Crippen LogP contribution < -0.4 is 4.74 Å². The Morgan fingerprint density at radius 1 is 0.327 bits per heavy atom. The van der Waals surface area contributed by atoms with Gasteiger partial charge in [-0.3, -0.25) is 0 Å². The Morgan fingerprint density at radius 2 is 0.644 bits per heavy atom. The first-order valence-corrected chi connectivity index (χ1v) is 36.0. The van der Waals surface area contributed by atoms with Crippen LogP contribution in [0.25, 0.3) is 155 Å². The molecule has 1 unspecified atom stereocenters. The Kier molecular flexibility index (Phi) is 15.5. The first-order chi connectivity index (χ1) is 49.0. The van der Waals surface area contributed by atoms with Crippen molar-refractivity contribution in [2.75, 3.05) is 6.61 Å². The van der Waals surface area contributed by atoms with Crippen LogP contribution in [0.2, 0.25) is 0 Å². The monoisotopic (exact) mass is 1310 g/mol. The molecule has 17 rings (SSSR count). The summed E-state index contributed by atoms with van der Waals surface area (Å²) in [6.07, 6.45) is 4.80. The predicted octanol–water partition coefficient (Wildman–Crippen LogP) is 24.7. The third kappa shape index (κ3) is 11.2. The number of para-hydroxylation sites is 2. The predicted molar refractivity (Wildman–Crippen MR) is 425 cm³/mol. The van der Waals surface area contributed by atoms with Crippen molar-refractivity contribution in [1.82, 2.24) is 33.2 Å². The summed E-state index contributed by atoms with van der Waals surface area (Å²) in [5, 5.41) is 9.85. The van der Waals surface area contributed by atoms with Crippen LogP contribution in [0, 0.1) is 19.8 Å². The van der Waals surface area contributed by atoms with E-state index in [1.54, 1.807) is 0 Å². The maximum absolute atomic E-state index is 6.37. The van der Waals surface area contributed by atoms with Gasteiger partial charge in [0.25, 0.3) is 0 Å². The van der Waals surface area contributed by atoms with Crippen molar-refractivity contribution >= 4 is 87.2 Å². The lowest BCUT2D eigenvalue weighted by Crippen LogP contribution is -2.11. The van der Waals surface area contributed by atoms with E-state index in [1.807, 2.05) is 0 Å². The molecule has 0 bridgehead atoms. The fraction of sp³-hybridized carbons (Fsp3) is 0.194. The van der Waals surface area contributed by atoms with Crippen molar-refractivity contribution in [3.63, 3.8) is 0 Å². The second-order valence-electron chi connectivity index (χ2n) is 30.0. The molecule has 8 heteroatoms. The molecule has 0 saturated carbocycles. The lowest BCUT2D eigenvalue weighted by Gasteiger charge is -2.19. The van der Waals surface area contributed by atoms with Gasteiger partial charge in [-0.2, -0.15) is 0 Å². The number of nitrogens with zero attached hydrogens (tertiary/aromatic N) is 7. The number of aromatic nitrogens is 7. The zero-order chi connectivity index (χ0) is 69.0. The molecular formula is C93H83N7O. The number of ether oxygens (including phenoxy) is 1. The van der Waals surface area contributed by atoms with Gasteiger partial charge in [0.15, 0.2) is 17.5 Å². The zero-order valence-corrected chi connectivity index (χ0v) is 59.4. The van der Waals surface area contributed by atoms with E-state index in [4.69, 9.17) is 19.7 Å². The van der Waals surface area contributed by atoms with Gasteiger partial charge < -0.3 is 23.0 Å². The van der Waals surface area contributed by atoms with Crippen molar-refractivity contribution in [3.05, 3.63) is 277 Å². The summed E-state index contributed by atoms with van der Waals surface area (Å²) in [7, 11) is 0. The summed E-state index contributed by atoms with van der Waals surface area (Å²) in [5.74, 6) is 3.29. The summed E-state index contributed by atoms with van der Waals surface area (Å²) in [5.41, 5.74) is 23.8. The summed E-state index contributed by atoms with van der Waals surface area (Å²) in [6, 6.07) is 93.8. The summed E-state index contributed by atoms with van der Waals surface area (Å²) in [4.78, 5) is 16.0. The van der Waals surface area contributed by atoms with Gasteiger partial charge in [-0.15, -0.1) is 0 Å². The molecule has 8 nitrogen and oxygen atoms in total. The molecule has 0 radical (unpaired) electrons. The second-order valence-corrected chi connectivity index (χ2v) is 30.0. The molecule has 0 amide bonds. The molecule has 0 spiro atoms. The van der Waals surface area contributed by atoms with Gasteiger partial charge in [0.05, 0.1) is 50.7 Å². The van der Waals surface area contributed by atoms with E-state index in [9.17, 15) is 0 Å². The Balaban J connectivity index is 0.732. The Hall–Kier alpha value is -11.4. The van der Waals surface area contributed by atoms with Crippen LogP contribution in [0.15, 0.2) is 255 Å². The lowest BCUT2D eigenvalue weighted by atomic mass is 9.85. The average molecular weight is 1310 g/mol. The van der Waals surface area contributed by atoms with Crippen LogP contribution >= 0.6 is 0 Å². The maximum Gasteiger partial charge on any atom is 0.164 e. The number of unbranched alkanes of at least 4 members (excludes halogenated alkanes) is 1. The normalized spacial score (nSPS) is 12.6. The highest BCUT2D eigenvalue weighted by atomic mass is 16.5. The quantitative estimate of drug-likeness (QED) is 0.103. The van der Waals surface area contributed by atoms with Gasteiger partial charge in [-0.25, -0.2) is 15.0 Å². The second kappa shape index (κ2) is 24.8. The molecule has 0 fully saturated rings. The summed E-state index contributed by atoms with van der Waals surface area (Å²) >= 11 is 0. The molecule has 5 aromatic heterocycles. The van der Waals surface area contributed by atoms with Crippen LogP contribution in [0.1, 0.15) is 103 Å². The van der Waals surface area contributed by atoms with E-state index in [1.165, 1.54) is 129 Å². The maximum atomic E-state index is 6.37. The molecule has 12 aromatic carbocycles. The minimum Gasteiger partial charge on any atom is -0.493 e. The largest absolute Gasteiger partial charge is 0.493 e. The first-order valence-electron chi connectivity index (χ1n) is 36.0.